The minimum atomic E-state index is -0.311. The maximum atomic E-state index is 12.1. The maximum Gasteiger partial charge on any atom is 0.310 e. The number of hydrogen-bond donors (Lipinski definition) is 0. The third-order valence-corrected chi connectivity index (χ3v) is 3.56. The first kappa shape index (κ1) is 13.7. The second-order valence-corrected chi connectivity index (χ2v) is 4.96. The van der Waals surface area contributed by atoms with Gasteiger partial charge in [-0.15, -0.1) is 11.3 Å². The molecule has 1 heterocycles. The number of methoxy groups -OCH3 is 1. The van der Waals surface area contributed by atoms with Gasteiger partial charge in [-0.3, -0.25) is 9.59 Å². The lowest BCUT2D eigenvalue weighted by Gasteiger charge is -2.20. The van der Waals surface area contributed by atoms with E-state index in [4.69, 9.17) is 0 Å². The van der Waals surface area contributed by atoms with Crippen molar-refractivity contribution in [3.05, 3.63) is 21.9 Å². The molecule has 1 unspecified atom stereocenters. The van der Waals surface area contributed by atoms with Gasteiger partial charge in [0.15, 0.2) is 0 Å². The fraction of sp³-hybridized carbons (Fsp3) is 0.500. The highest BCUT2D eigenvalue weighted by Gasteiger charge is 2.21. The molecule has 0 saturated carbocycles. The van der Waals surface area contributed by atoms with Crippen molar-refractivity contribution in [3.63, 3.8) is 0 Å². The van der Waals surface area contributed by atoms with Gasteiger partial charge < -0.3 is 9.64 Å². The lowest BCUT2D eigenvalue weighted by Crippen LogP contribution is -2.34. The summed E-state index contributed by atoms with van der Waals surface area (Å²) in [7, 11) is 3.05. The van der Waals surface area contributed by atoms with Crippen molar-refractivity contribution in [2.75, 3.05) is 20.7 Å². The first-order valence-electron chi connectivity index (χ1n) is 5.34. The van der Waals surface area contributed by atoms with Crippen molar-refractivity contribution in [2.45, 2.75) is 13.8 Å². The van der Waals surface area contributed by atoms with Crippen molar-refractivity contribution in [1.29, 1.82) is 0 Å². The smallest absolute Gasteiger partial charge is 0.310 e. The Morgan fingerprint density at radius 1 is 1.53 bits per heavy atom. The Hall–Kier alpha value is -1.36. The van der Waals surface area contributed by atoms with Gasteiger partial charge in [-0.05, 0) is 23.9 Å². The van der Waals surface area contributed by atoms with E-state index in [1.165, 1.54) is 18.4 Å². The van der Waals surface area contributed by atoms with E-state index in [0.717, 1.165) is 10.4 Å². The third kappa shape index (κ3) is 3.30. The Labute approximate surface area is 105 Å². The summed E-state index contributed by atoms with van der Waals surface area (Å²) in [6.45, 7) is 4.01. The number of esters is 1. The molecule has 17 heavy (non-hydrogen) atoms. The zero-order chi connectivity index (χ0) is 13.0. The van der Waals surface area contributed by atoms with Gasteiger partial charge in [-0.25, -0.2) is 0 Å². The summed E-state index contributed by atoms with van der Waals surface area (Å²) in [5.74, 6) is -0.657. The normalized spacial score (nSPS) is 12.0. The van der Waals surface area contributed by atoms with Crippen LogP contribution in [0.1, 0.15) is 22.2 Å². The van der Waals surface area contributed by atoms with Crippen LogP contribution in [0.15, 0.2) is 11.4 Å². The van der Waals surface area contributed by atoms with E-state index in [0.29, 0.717) is 6.54 Å². The van der Waals surface area contributed by atoms with Crippen LogP contribution in [0.4, 0.5) is 0 Å². The molecule has 0 aliphatic heterocycles. The number of ether oxygens (including phenoxy) is 1. The molecular formula is C12H17NO3S. The minimum Gasteiger partial charge on any atom is -0.469 e. The number of hydrogen-bond acceptors (Lipinski definition) is 4. The lowest BCUT2D eigenvalue weighted by atomic mass is 10.1. The van der Waals surface area contributed by atoms with Crippen LogP contribution >= 0.6 is 11.3 Å². The van der Waals surface area contributed by atoms with Crippen molar-refractivity contribution in [1.82, 2.24) is 4.90 Å². The highest BCUT2D eigenvalue weighted by Crippen LogP contribution is 2.17. The van der Waals surface area contributed by atoms with Crippen LogP contribution in [0, 0.1) is 12.8 Å². The average Bonchev–Trinajstić information content (AvgIpc) is 2.73. The summed E-state index contributed by atoms with van der Waals surface area (Å²) in [5.41, 5.74) is 0.970. The number of carbonyl (C=O) groups is 2. The van der Waals surface area contributed by atoms with Gasteiger partial charge in [0.25, 0.3) is 5.91 Å². The summed E-state index contributed by atoms with van der Waals surface area (Å²) in [6, 6.07) is 1.91. The van der Waals surface area contributed by atoms with Gasteiger partial charge in [0.2, 0.25) is 0 Å². The molecule has 1 amide bonds. The van der Waals surface area contributed by atoms with Crippen LogP contribution in [0.5, 0.6) is 0 Å². The molecule has 0 aliphatic rings. The summed E-state index contributed by atoms with van der Waals surface area (Å²) in [6.07, 6.45) is 0. The number of amides is 1. The molecule has 0 radical (unpaired) electrons. The Balaban J connectivity index is 2.65. The second kappa shape index (κ2) is 5.82. The van der Waals surface area contributed by atoms with Crippen LogP contribution in [0.25, 0.3) is 0 Å². The number of rotatable bonds is 4. The highest BCUT2D eigenvalue weighted by atomic mass is 32.1. The molecule has 1 aromatic heterocycles. The van der Waals surface area contributed by atoms with Crippen molar-refractivity contribution >= 4 is 23.2 Å². The zero-order valence-electron chi connectivity index (χ0n) is 10.5. The predicted octanol–water partition coefficient (Wildman–Crippen LogP) is 1.94. The van der Waals surface area contributed by atoms with E-state index in [2.05, 4.69) is 4.74 Å². The lowest BCUT2D eigenvalue weighted by molar-refractivity contribution is -0.145. The summed E-state index contributed by atoms with van der Waals surface area (Å²) < 4.78 is 4.63. The molecule has 0 spiro atoms. The molecule has 0 bridgehead atoms. The van der Waals surface area contributed by atoms with Crippen molar-refractivity contribution in [3.8, 4) is 0 Å². The minimum absolute atomic E-state index is 0.0479. The van der Waals surface area contributed by atoms with E-state index in [1.807, 2.05) is 18.4 Å². The molecule has 5 heteroatoms. The summed E-state index contributed by atoms with van der Waals surface area (Å²) in [4.78, 5) is 25.6. The monoisotopic (exact) mass is 255 g/mol. The molecular weight excluding hydrogens is 238 g/mol. The molecule has 4 nitrogen and oxygen atoms in total. The summed E-state index contributed by atoms with van der Waals surface area (Å²) in [5, 5.41) is 1.89. The molecule has 0 saturated heterocycles. The van der Waals surface area contributed by atoms with E-state index in [-0.39, 0.29) is 17.8 Å². The van der Waals surface area contributed by atoms with Crippen LogP contribution in [-0.4, -0.2) is 37.5 Å². The van der Waals surface area contributed by atoms with Crippen molar-refractivity contribution in [2.24, 2.45) is 5.92 Å². The van der Waals surface area contributed by atoms with Gasteiger partial charge in [0.05, 0.1) is 17.9 Å². The van der Waals surface area contributed by atoms with Crippen LogP contribution in [0.2, 0.25) is 0 Å². The number of nitrogens with zero attached hydrogens (tertiary/aromatic N) is 1. The Morgan fingerprint density at radius 3 is 2.65 bits per heavy atom. The highest BCUT2D eigenvalue weighted by molar-refractivity contribution is 7.12. The molecule has 0 fully saturated rings. The molecule has 1 atom stereocenters. The first-order valence-corrected chi connectivity index (χ1v) is 6.22. The topological polar surface area (TPSA) is 46.6 Å². The molecule has 0 aromatic carbocycles. The Bertz CT molecular complexity index is 414. The fourth-order valence-corrected chi connectivity index (χ4v) is 2.45. The molecule has 0 aliphatic carbocycles. The quantitative estimate of drug-likeness (QED) is 0.772. The molecule has 0 N–H and O–H groups in total. The SMILES string of the molecule is COC(=O)C(C)CN(C)C(=O)c1sccc1C. The molecule has 1 rings (SSSR count). The fourth-order valence-electron chi connectivity index (χ4n) is 1.53. The summed E-state index contributed by atoms with van der Waals surface area (Å²) >= 11 is 1.42. The number of carbonyl (C=O) groups excluding carboxylic acids is 2. The van der Waals surface area contributed by atoms with Gasteiger partial charge in [-0.1, -0.05) is 6.92 Å². The second-order valence-electron chi connectivity index (χ2n) is 4.04. The largest absolute Gasteiger partial charge is 0.469 e. The van der Waals surface area contributed by atoms with Gasteiger partial charge >= 0.3 is 5.97 Å². The zero-order valence-corrected chi connectivity index (χ0v) is 11.3. The van der Waals surface area contributed by atoms with Gasteiger partial charge in [0, 0.05) is 13.6 Å². The van der Waals surface area contributed by atoms with Crippen LogP contribution < -0.4 is 0 Å². The van der Waals surface area contributed by atoms with E-state index in [1.54, 1.807) is 18.9 Å². The van der Waals surface area contributed by atoms with E-state index in [9.17, 15) is 9.59 Å². The maximum absolute atomic E-state index is 12.1. The van der Waals surface area contributed by atoms with Gasteiger partial charge in [-0.2, -0.15) is 0 Å². The van der Waals surface area contributed by atoms with Crippen LogP contribution in [0.3, 0.4) is 0 Å². The molecule has 94 valence electrons. The Morgan fingerprint density at radius 2 is 2.18 bits per heavy atom. The van der Waals surface area contributed by atoms with E-state index < -0.39 is 0 Å². The average molecular weight is 255 g/mol. The number of thiophene rings is 1. The van der Waals surface area contributed by atoms with Gasteiger partial charge in [0.1, 0.15) is 0 Å². The molecule has 1 aromatic rings. The first-order chi connectivity index (χ1) is 7.97. The van der Waals surface area contributed by atoms with Crippen LogP contribution in [-0.2, 0) is 9.53 Å². The predicted molar refractivity (Wildman–Crippen MR) is 67.2 cm³/mol. The third-order valence-electron chi connectivity index (χ3n) is 2.55. The van der Waals surface area contributed by atoms with E-state index >= 15 is 0 Å². The standard InChI is InChI=1S/C12H17NO3S/c1-8-5-6-17-10(8)11(14)13(3)7-9(2)12(15)16-4/h5-6,9H,7H2,1-4H3. The number of aryl methyl sites for hydroxylation is 1. The Kier molecular flexibility index (Phi) is 4.69. The van der Waals surface area contributed by atoms with Crippen molar-refractivity contribution < 1.29 is 14.3 Å².